The van der Waals surface area contributed by atoms with Crippen molar-refractivity contribution in [3.63, 3.8) is 0 Å². The van der Waals surface area contributed by atoms with Gasteiger partial charge in [0.25, 0.3) is 0 Å². The lowest BCUT2D eigenvalue weighted by Crippen LogP contribution is -2.53. The maximum Gasteiger partial charge on any atom is 0.237 e. The van der Waals surface area contributed by atoms with Crippen molar-refractivity contribution in [3.05, 3.63) is 42.5 Å². The number of rotatable bonds is 6. The molecule has 4 heteroatoms. The molecule has 0 aliphatic heterocycles. The monoisotopic (exact) mass is 286 g/mol. The van der Waals surface area contributed by atoms with Crippen LogP contribution in [0.1, 0.15) is 20.3 Å². The van der Waals surface area contributed by atoms with Crippen molar-refractivity contribution in [3.8, 4) is 5.75 Å². The molecule has 0 spiro atoms. The van der Waals surface area contributed by atoms with Gasteiger partial charge in [-0.3, -0.25) is 4.79 Å². The maximum absolute atomic E-state index is 11.5. The van der Waals surface area contributed by atoms with Crippen LogP contribution in [0.15, 0.2) is 42.5 Å². The minimum atomic E-state index is -0.768. The number of nitrogens with one attached hydrogen (secondary N) is 1. The highest BCUT2D eigenvalue weighted by Crippen LogP contribution is 2.23. The van der Waals surface area contributed by atoms with Gasteiger partial charge in [-0.1, -0.05) is 30.3 Å². The van der Waals surface area contributed by atoms with E-state index in [1.54, 1.807) is 14.0 Å². The van der Waals surface area contributed by atoms with Gasteiger partial charge in [-0.15, -0.1) is 0 Å². The standard InChI is InChI=1S/C17H22N2O2/c1-12(11-17(2,19-3)16(18)20)21-15-9-8-13-6-4-5-7-14(13)10-15/h4-10,12,19H,11H2,1-3H3,(H2,18,20). The van der Waals surface area contributed by atoms with E-state index in [1.807, 2.05) is 43.3 Å². The molecule has 2 rings (SSSR count). The van der Waals surface area contributed by atoms with Crippen LogP contribution in [0.4, 0.5) is 0 Å². The number of carbonyl (C=O) groups is 1. The normalized spacial score (nSPS) is 15.4. The molecule has 0 bridgehead atoms. The number of benzene rings is 2. The Morgan fingerprint density at radius 1 is 1.29 bits per heavy atom. The molecule has 112 valence electrons. The third-order valence-electron chi connectivity index (χ3n) is 3.85. The van der Waals surface area contributed by atoms with Crippen molar-refractivity contribution in [2.24, 2.45) is 5.73 Å². The largest absolute Gasteiger partial charge is 0.491 e. The van der Waals surface area contributed by atoms with E-state index in [0.29, 0.717) is 6.42 Å². The van der Waals surface area contributed by atoms with Crippen molar-refractivity contribution in [2.45, 2.75) is 31.9 Å². The van der Waals surface area contributed by atoms with Crippen molar-refractivity contribution >= 4 is 16.7 Å². The molecule has 0 aromatic heterocycles. The summed E-state index contributed by atoms with van der Waals surface area (Å²) in [7, 11) is 1.73. The number of primary amides is 1. The zero-order valence-corrected chi connectivity index (χ0v) is 12.7. The second-order valence-corrected chi connectivity index (χ2v) is 5.59. The quantitative estimate of drug-likeness (QED) is 0.857. The van der Waals surface area contributed by atoms with E-state index >= 15 is 0 Å². The highest BCUT2D eigenvalue weighted by molar-refractivity contribution is 5.84. The number of amides is 1. The summed E-state index contributed by atoms with van der Waals surface area (Å²) in [5.41, 5.74) is 4.67. The number of nitrogens with two attached hydrogens (primary N) is 1. The molecule has 0 fully saturated rings. The van der Waals surface area contributed by atoms with Crippen LogP contribution in [-0.2, 0) is 4.79 Å². The molecule has 0 saturated heterocycles. The summed E-state index contributed by atoms with van der Waals surface area (Å²) in [6, 6.07) is 14.1. The zero-order valence-electron chi connectivity index (χ0n) is 12.7. The number of likely N-dealkylation sites (N-methyl/N-ethyl adjacent to an activating group) is 1. The Morgan fingerprint density at radius 2 is 1.95 bits per heavy atom. The van der Waals surface area contributed by atoms with Gasteiger partial charge in [0, 0.05) is 6.42 Å². The average Bonchev–Trinajstić information content (AvgIpc) is 2.46. The first-order chi connectivity index (χ1) is 9.94. The minimum Gasteiger partial charge on any atom is -0.491 e. The molecule has 0 heterocycles. The summed E-state index contributed by atoms with van der Waals surface area (Å²) in [5.74, 6) is 0.420. The second kappa shape index (κ2) is 6.14. The lowest BCUT2D eigenvalue weighted by atomic mass is 9.94. The number of hydrogen-bond acceptors (Lipinski definition) is 3. The molecule has 2 atom stereocenters. The maximum atomic E-state index is 11.5. The van der Waals surface area contributed by atoms with E-state index in [2.05, 4.69) is 11.4 Å². The highest BCUT2D eigenvalue weighted by atomic mass is 16.5. The molecular formula is C17H22N2O2. The van der Waals surface area contributed by atoms with E-state index in [4.69, 9.17) is 10.5 Å². The fourth-order valence-corrected chi connectivity index (χ4v) is 2.42. The van der Waals surface area contributed by atoms with Gasteiger partial charge in [-0.05, 0) is 43.8 Å². The molecule has 2 aromatic rings. The molecule has 0 saturated carbocycles. The number of fused-ring (bicyclic) bond motifs is 1. The molecule has 3 N–H and O–H groups in total. The fraction of sp³-hybridized carbons (Fsp3) is 0.353. The third-order valence-corrected chi connectivity index (χ3v) is 3.85. The van der Waals surface area contributed by atoms with Crippen molar-refractivity contribution in [2.75, 3.05) is 7.05 Å². The second-order valence-electron chi connectivity index (χ2n) is 5.59. The molecule has 2 aromatic carbocycles. The Labute approximate surface area is 125 Å². The fourth-order valence-electron chi connectivity index (χ4n) is 2.42. The van der Waals surface area contributed by atoms with Crippen molar-refractivity contribution in [1.82, 2.24) is 5.32 Å². The summed E-state index contributed by atoms with van der Waals surface area (Å²) in [4.78, 5) is 11.5. The SMILES string of the molecule is CNC(C)(CC(C)Oc1ccc2ccccc2c1)C(N)=O. The first kappa shape index (κ1) is 15.3. The average molecular weight is 286 g/mol. The lowest BCUT2D eigenvalue weighted by Gasteiger charge is -2.28. The van der Waals surface area contributed by atoms with Crippen LogP contribution in [0.2, 0.25) is 0 Å². The molecule has 4 nitrogen and oxygen atoms in total. The van der Waals surface area contributed by atoms with Crippen LogP contribution in [0.3, 0.4) is 0 Å². The van der Waals surface area contributed by atoms with Gasteiger partial charge in [-0.2, -0.15) is 0 Å². The Hall–Kier alpha value is -2.07. The summed E-state index contributed by atoms with van der Waals surface area (Å²) in [5, 5.41) is 5.28. The van der Waals surface area contributed by atoms with Gasteiger partial charge in [0.05, 0.1) is 11.6 Å². The van der Waals surface area contributed by atoms with E-state index in [9.17, 15) is 4.79 Å². The minimum absolute atomic E-state index is 0.129. The van der Waals surface area contributed by atoms with Gasteiger partial charge < -0.3 is 15.8 Å². The van der Waals surface area contributed by atoms with Crippen molar-refractivity contribution < 1.29 is 9.53 Å². The topological polar surface area (TPSA) is 64.3 Å². The Morgan fingerprint density at radius 3 is 2.57 bits per heavy atom. The van der Waals surface area contributed by atoms with Gasteiger partial charge >= 0.3 is 0 Å². The van der Waals surface area contributed by atoms with Gasteiger partial charge in [0.2, 0.25) is 5.91 Å². The Bertz CT molecular complexity index is 641. The molecule has 2 unspecified atom stereocenters. The summed E-state index contributed by atoms with van der Waals surface area (Å²) < 4.78 is 5.92. The molecule has 0 radical (unpaired) electrons. The number of carbonyl (C=O) groups excluding carboxylic acids is 1. The Kier molecular flexibility index (Phi) is 4.48. The van der Waals surface area contributed by atoms with E-state index < -0.39 is 5.54 Å². The predicted molar refractivity (Wildman–Crippen MR) is 85.3 cm³/mol. The Balaban J connectivity index is 2.10. The molecule has 0 aliphatic carbocycles. The van der Waals surface area contributed by atoms with Crippen LogP contribution in [0.5, 0.6) is 5.75 Å². The number of ether oxygens (including phenoxy) is 1. The van der Waals surface area contributed by atoms with E-state index in [1.165, 1.54) is 5.39 Å². The smallest absolute Gasteiger partial charge is 0.237 e. The van der Waals surface area contributed by atoms with Crippen LogP contribution in [0.25, 0.3) is 10.8 Å². The van der Waals surface area contributed by atoms with Gasteiger partial charge in [-0.25, -0.2) is 0 Å². The van der Waals surface area contributed by atoms with Crippen LogP contribution in [-0.4, -0.2) is 24.6 Å². The summed E-state index contributed by atoms with van der Waals surface area (Å²) in [6.07, 6.45) is 0.377. The molecule has 0 aliphatic rings. The molecule has 21 heavy (non-hydrogen) atoms. The van der Waals surface area contributed by atoms with E-state index in [0.717, 1.165) is 11.1 Å². The van der Waals surface area contributed by atoms with Gasteiger partial charge in [0.1, 0.15) is 5.75 Å². The van der Waals surface area contributed by atoms with Crippen molar-refractivity contribution in [1.29, 1.82) is 0 Å². The van der Waals surface area contributed by atoms with Crippen LogP contribution in [0, 0.1) is 0 Å². The highest BCUT2D eigenvalue weighted by Gasteiger charge is 2.31. The van der Waals surface area contributed by atoms with Crippen LogP contribution >= 0.6 is 0 Å². The van der Waals surface area contributed by atoms with E-state index in [-0.39, 0.29) is 12.0 Å². The van der Waals surface area contributed by atoms with Crippen LogP contribution < -0.4 is 15.8 Å². The zero-order chi connectivity index (χ0) is 15.5. The summed E-state index contributed by atoms with van der Waals surface area (Å²) >= 11 is 0. The third kappa shape index (κ3) is 3.52. The lowest BCUT2D eigenvalue weighted by molar-refractivity contribution is -0.124. The molecule has 1 amide bonds. The number of hydrogen-bond donors (Lipinski definition) is 2. The summed E-state index contributed by atoms with van der Waals surface area (Å²) in [6.45, 7) is 3.73. The first-order valence-electron chi connectivity index (χ1n) is 7.09. The first-order valence-corrected chi connectivity index (χ1v) is 7.09. The predicted octanol–water partition coefficient (Wildman–Crippen LogP) is 2.46. The molecular weight excluding hydrogens is 264 g/mol. The van der Waals surface area contributed by atoms with Gasteiger partial charge in [0.15, 0.2) is 0 Å².